The zero-order chi connectivity index (χ0) is 19.1. The molecule has 1 aromatic heterocycles. The van der Waals surface area contributed by atoms with Gasteiger partial charge in [0.25, 0.3) is 0 Å². The van der Waals surface area contributed by atoms with E-state index in [4.69, 9.17) is 5.11 Å². The van der Waals surface area contributed by atoms with E-state index in [0.717, 1.165) is 11.0 Å². The number of benzene rings is 2. The maximum Gasteiger partial charge on any atom is 0.305 e. The molecule has 0 spiro atoms. The third kappa shape index (κ3) is 3.28. The Balaban J connectivity index is 1.72. The second kappa shape index (κ2) is 6.90. The average Bonchev–Trinajstić information content (AvgIpc) is 3.05. The van der Waals surface area contributed by atoms with Crippen LogP contribution in [0.1, 0.15) is 11.4 Å². The minimum Gasteiger partial charge on any atom is -0.481 e. The highest BCUT2D eigenvalue weighted by Crippen LogP contribution is 2.41. The van der Waals surface area contributed by atoms with E-state index in [1.54, 1.807) is 12.1 Å². The second-order valence-corrected chi connectivity index (χ2v) is 8.27. The van der Waals surface area contributed by atoms with Crippen molar-refractivity contribution in [2.75, 3.05) is 4.90 Å². The molecule has 4 rings (SSSR count). The molecule has 5 nitrogen and oxygen atoms in total. The van der Waals surface area contributed by atoms with E-state index in [0.29, 0.717) is 15.4 Å². The van der Waals surface area contributed by atoms with Crippen molar-refractivity contribution >= 4 is 50.9 Å². The van der Waals surface area contributed by atoms with Crippen molar-refractivity contribution in [3.8, 4) is 0 Å². The quantitative estimate of drug-likeness (QED) is 0.708. The zero-order valence-electron chi connectivity index (χ0n) is 13.7. The molecule has 2 heterocycles. The number of hydrogen-bond donors (Lipinski definition) is 1. The van der Waals surface area contributed by atoms with E-state index in [9.17, 15) is 18.4 Å². The predicted octanol–water partition coefficient (Wildman–Crippen LogP) is 4.06. The van der Waals surface area contributed by atoms with Crippen LogP contribution in [0.5, 0.6) is 0 Å². The maximum absolute atomic E-state index is 13.9. The molecule has 0 radical (unpaired) electrons. The topological polar surface area (TPSA) is 70.5 Å². The van der Waals surface area contributed by atoms with Crippen LogP contribution in [-0.2, 0) is 16.1 Å². The molecule has 138 valence electrons. The fourth-order valence-electron chi connectivity index (χ4n) is 2.91. The van der Waals surface area contributed by atoms with Crippen LogP contribution in [0, 0.1) is 11.6 Å². The number of thioether (sulfide) groups is 1. The van der Waals surface area contributed by atoms with E-state index in [2.05, 4.69) is 4.98 Å². The molecule has 1 N–H and O–H groups in total. The van der Waals surface area contributed by atoms with Gasteiger partial charge in [0.2, 0.25) is 5.91 Å². The van der Waals surface area contributed by atoms with Gasteiger partial charge in [0, 0.05) is 4.90 Å². The summed E-state index contributed by atoms with van der Waals surface area (Å²) in [5, 5.41) is 8.78. The van der Waals surface area contributed by atoms with E-state index >= 15 is 0 Å². The van der Waals surface area contributed by atoms with Crippen molar-refractivity contribution in [2.45, 2.75) is 23.1 Å². The first-order chi connectivity index (χ1) is 12.9. The van der Waals surface area contributed by atoms with Crippen molar-refractivity contribution in [1.29, 1.82) is 0 Å². The van der Waals surface area contributed by atoms with Crippen LogP contribution in [0.3, 0.4) is 0 Å². The lowest BCUT2D eigenvalue weighted by molar-refractivity contribution is -0.138. The molecule has 1 atom stereocenters. The van der Waals surface area contributed by atoms with Gasteiger partial charge in [-0.05, 0) is 24.3 Å². The molecule has 1 amide bonds. The first-order valence-corrected chi connectivity index (χ1v) is 9.66. The molecule has 0 saturated heterocycles. The number of hydrogen-bond acceptors (Lipinski definition) is 5. The van der Waals surface area contributed by atoms with E-state index in [1.807, 2.05) is 12.1 Å². The average molecular weight is 406 g/mol. The Morgan fingerprint density at radius 1 is 1.22 bits per heavy atom. The number of carboxylic acid groups (broad SMARTS) is 1. The monoisotopic (exact) mass is 406 g/mol. The number of nitrogens with zero attached hydrogens (tertiary/aromatic N) is 2. The number of rotatable bonds is 4. The van der Waals surface area contributed by atoms with Gasteiger partial charge >= 0.3 is 5.97 Å². The lowest BCUT2D eigenvalue weighted by Gasteiger charge is -2.32. The Morgan fingerprint density at radius 3 is 2.78 bits per heavy atom. The van der Waals surface area contributed by atoms with Gasteiger partial charge in [-0.25, -0.2) is 13.8 Å². The van der Waals surface area contributed by atoms with Gasteiger partial charge < -0.3 is 10.0 Å². The van der Waals surface area contributed by atoms with Crippen LogP contribution in [-0.4, -0.2) is 27.2 Å². The van der Waals surface area contributed by atoms with Gasteiger partial charge in [-0.15, -0.1) is 23.1 Å². The number of aliphatic carboxylic acids is 1. The van der Waals surface area contributed by atoms with Crippen LogP contribution in [0.25, 0.3) is 10.2 Å². The van der Waals surface area contributed by atoms with Gasteiger partial charge in [-0.1, -0.05) is 12.1 Å². The minimum absolute atomic E-state index is 0.0624. The van der Waals surface area contributed by atoms with Crippen molar-refractivity contribution < 1.29 is 23.5 Å². The third-order valence-electron chi connectivity index (χ3n) is 4.12. The van der Waals surface area contributed by atoms with E-state index < -0.39 is 22.9 Å². The predicted molar refractivity (Wildman–Crippen MR) is 99.1 cm³/mol. The Kier molecular flexibility index (Phi) is 4.56. The molecule has 27 heavy (non-hydrogen) atoms. The summed E-state index contributed by atoms with van der Waals surface area (Å²) in [4.78, 5) is 30.4. The summed E-state index contributed by atoms with van der Waals surface area (Å²) >= 11 is 2.39. The summed E-state index contributed by atoms with van der Waals surface area (Å²) in [5.74, 6) is -3.39. The molecular formula is C18H12F2N2O3S2. The summed E-state index contributed by atoms with van der Waals surface area (Å²) in [5.41, 5.74) is 0.587. The number of aromatic nitrogens is 1. The molecule has 1 aliphatic rings. The number of carbonyl (C=O) groups is 2. The molecule has 1 aliphatic heterocycles. The summed E-state index contributed by atoms with van der Waals surface area (Å²) in [6.07, 6.45) is -0.298. The van der Waals surface area contributed by atoms with Crippen molar-refractivity contribution in [3.05, 3.63) is 53.0 Å². The van der Waals surface area contributed by atoms with Crippen molar-refractivity contribution in [2.24, 2.45) is 0 Å². The van der Waals surface area contributed by atoms with Gasteiger partial charge in [-0.3, -0.25) is 9.59 Å². The van der Waals surface area contributed by atoms with Crippen LogP contribution in [0.15, 0.2) is 41.3 Å². The van der Waals surface area contributed by atoms with Crippen LogP contribution in [0.2, 0.25) is 0 Å². The summed E-state index contributed by atoms with van der Waals surface area (Å²) < 4.78 is 27.8. The Hall–Kier alpha value is -2.52. The third-order valence-corrected chi connectivity index (χ3v) is 6.37. The molecule has 0 bridgehead atoms. The fraction of sp³-hybridized carbons (Fsp3) is 0.167. The standard InChI is InChI=1S/C18H12F2N2O3S2/c19-9-5-6-12-17(16(9)20)21-14(27-12)8-22-10-3-1-2-4-11(10)26-13(18(22)25)7-15(23)24/h1-6,13H,7-8H2,(H,23,24). The number of fused-ring (bicyclic) bond motifs is 2. The second-order valence-electron chi connectivity index (χ2n) is 5.91. The number of anilines is 1. The van der Waals surface area contributed by atoms with Gasteiger partial charge in [0.05, 0.1) is 28.6 Å². The number of halogens is 2. The normalized spacial score (nSPS) is 16.6. The smallest absolute Gasteiger partial charge is 0.305 e. The minimum atomic E-state index is -1.06. The summed E-state index contributed by atoms with van der Waals surface area (Å²) in [6, 6.07) is 9.68. The number of amides is 1. The Bertz CT molecular complexity index is 1070. The first-order valence-electron chi connectivity index (χ1n) is 7.96. The van der Waals surface area contributed by atoms with Gasteiger partial charge in [0.15, 0.2) is 11.6 Å². The van der Waals surface area contributed by atoms with Crippen molar-refractivity contribution in [3.63, 3.8) is 0 Å². The van der Waals surface area contributed by atoms with E-state index in [1.165, 1.54) is 34.1 Å². The van der Waals surface area contributed by atoms with Crippen molar-refractivity contribution in [1.82, 2.24) is 4.98 Å². The summed E-state index contributed by atoms with van der Waals surface area (Å²) in [7, 11) is 0. The number of carboxylic acids is 1. The van der Waals surface area contributed by atoms with Gasteiger partial charge in [0.1, 0.15) is 10.5 Å². The highest BCUT2D eigenvalue weighted by molar-refractivity contribution is 8.01. The van der Waals surface area contributed by atoms with Crippen LogP contribution in [0.4, 0.5) is 14.5 Å². The molecule has 3 aromatic rings. The highest BCUT2D eigenvalue weighted by Gasteiger charge is 2.35. The maximum atomic E-state index is 13.9. The van der Waals surface area contributed by atoms with Crippen LogP contribution >= 0.6 is 23.1 Å². The molecule has 2 aromatic carbocycles. The molecule has 9 heteroatoms. The molecule has 0 fully saturated rings. The zero-order valence-corrected chi connectivity index (χ0v) is 15.3. The van der Waals surface area contributed by atoms with E-state index in [-0.39, 0.29) is 24.4 Å². The Labute approximate surface area is 160 Å². The van der Waals surface area contributed by atoms with Gasteiger partial charge in [-0.2, -0.15) is 0 Å². The lowest BCUT2D eigenvalue weighted by Crippen LogP contribution is -2.41. The number of para-hydroxylation sites is 1. The lowest BCUT2D eigenvalue weighted by atomic mass is 10.2. The molecule has 0 saturated carbocycles. The first kappa shape index (κ1) is 17.9. The SMILES string of the molecule is O=C(O)CC1Sc2ccccc2N(Cc2nc3c(F)c(F)ccc3s2)C1=O. The molecule has 0 aliphatic carbocycles. The van der Waals surface area contributed by atoms with Crippen LogP contribution < -0.4 is 4.90 Å². The largest absolute Gasteiger partial charge is 0.481 e. The molecular weight excluding hydrogens is 394 g/mol. The molecule has 1 unspecified atom stereocenters. The summed E-state index contributed by atoms with van der Waals surface area (Å²) in [6.45, 7) is 0.0624. The number of thiazole rings is 1. The highest BCUT2D eigenvalue weighted by atomic mass is 32.2. The fourth-order valence-corrected chi connectivity index (χ4v) is 5.08. The number of carbonyl (C=O) groups excluding carboxylic acids is 1. The Morgan fingerprint density at radius 2 is 2.00 bits per heavy atom.